The fraction of sp³-hybridized carbons (Fsp3) is 0.545. The molecule has 16 heavy (non-hydrogen) atoms. The lowest BCUT2D eigenvalue weighted by molar-refractivity contribution is 0.0671. The van der Waals surface area contributed by atoms with Crippen LogP contribution in [0.15, 0.2) is 18.7 Å². The lowest BCUT2D eigenvalue weighted by Crippen LogP contribution is -2.49. The van der Waals surface area contributed by atoms with Crippen LogP contribution in [0, 0.1) is 5.92 Å². The van der Waals surface area contributed by atoms with Crippen molar-refractivity contribution < 1.29 is 4.79 Å². The van der Waals surface area contributed by atoms with Crippen molar-refractivity contribution >= 4 is 5.91 Å². The minimum Gasteiger partial charge on any atom is -0.337 e. The summed E-state index contributed by atoms with van der Waals surface area (Å²) in [5.74, 6) is 0.457. The van der Waals surface area contributed by atoms with E-state index in [1.165, 1.54) is 6.33 Å². The Morgan fingerprint density at radius 3 is 2.81 bits per heavy atom. The van der Waals surface area contributed by atoms with Gasteiger partial charge < -0.3 is 10.6 Å². The van der Waals surface area contributed by atoms with Crippen molar-refractivity contribution in [2.24, 2.45) is 11.7 Å². The van der Waals surface area contributed by atoms with Crippen LogP contribution in [0.1, 0.15) is 23.7 Å². The zero-order valence-corrected chi connectivity index (χ0v) is 9.34. The molecule has 1 aromatic heterocycles. The van der Waals surface area contributed by atoms with Gasteiger partial charge in [0.25, 0.3) is 5.91 Å². The van der Waals surface area contributed by atoms with Crippen molar-refractivity contribution in [3.05, 3.63) is 24.3 Å². The van der Waals surface area contributed by atoms with Crippen LogP contribution in [-0.4, -0.2) is 39.9 Å². The Morgan fingerprint density at radius 1 is 1.50 bits per heavy atom. The quantitative estimate of drug-likeness (QED) is 0.738. The average molecular weight is 220 g/mol. The number of carbonyl (C=O) groups is 1. The highest BCUT2D eigenvalue weighted by Crippen LogP contribution is 2.17. The van der Waals surface area contributed by atoms with Crippen molar-refractivity contribution in [3.8, 4) is 0 Å². The van der Waals surface area contributed by atoms with Crippen LogP contribution in [0.2, 0.25) is 0 Å². The summed E-state index contributed by atoms with van der Waals surface area (Å²) >= 11 is 0. The van der Waals surface area contributed by atoms with E-state index in [-0.39, 0.29) is 11.9 Å². The number of aromatic nitrogens is 2. The van der Waals surface area contributed by atoms with Crippen molar-refractivity contribution in [2.75, 3.05) is 13.1 Å². The topological polar surface area (TPSA) is 72.1 Å². The van der Waals surface area contributed by atoms with Crippen LogP contribution in [-0.2, 0) is 0 Å². The third-order valence-electron chi connectivity index (χ3n) is 3.11. The van der Waals surface area contributed by atoms with E-state index in [4.69, 9.17) is 5.73 Å². The molecule has 0 bridgehead atoms. The van der Waals surface area contributed by atoms with Crippen LogP contribution in [0.3, 0.4) is 0 Å². The van der Waals surface area contributed by atoms with E-state index in [0.29, 0.717) is 18.0 Å². The molecule has 1 saturated heterocycles. The molecular formula is C11H16N4O. The maximum atomic E-state index is 12.0. The van der Waals surface area contributed by atoms with Crippen molar-refractivity contribution in [1.82, 2.24) is 14.9 Å². The second-order valence-electron chi connectivity index (χ2n) is 4.31. The summed E-state index contributed by atoms with van der Waals surface area (Å²) in [6.07, 6.45) is 5.46. The third-order valence-corrected chi connectivity index (χ3v) is 3.11. The molecule has 2 unspecified atom stereocenters. The Kier molecular flexibility index (Phi) is 3.14. The van der Waals surface area contributed by atoms with Gasteiger partial charge in [-0.3, -0.25) is 4.79 Å². The third kappa shape index (κ3) is 2.19. The van der Waals surface area contributed by atoms with Gasteiger partial charge in [-0.15, -0.1) is 0 Å². The van der Waals surface area contributed by atoms with Crippen LogP contribution in [0.4, 0.5) is 0 Å². The summed E-state index contributed by atoms with van der Waals surface area (Å²) in [5, 5.41) is 0. The molecule has 5 nitrogen and oxygen atoms in total. The molecule has 1 aliphatic rings. The van der Waals surface area contributed by atoms with Crippen LogP contribution < -0.4 is 5.73 Å². The first-order valence-electron chi connectivity index (χ1n) is 5.48. The molecule has 2 N–H and O–H groups in total. The molecule has 1 aliphatic heterocycles. The van der Waals surface area contributed by atoms with E-state index in [1.54, 1.807) is 17.3 Å². The lowest BCUT2D eigenvalue weighted by atomic mass is 9.94. The molecule has 0 spiro atoms. The van der Waals surface area contributed by atoms with E-state index < -0.39 is 0 Å². The number of nitrogens with two attached hydrogens (primary N) is 1. The molecule has 86 valence electrons. The molecule has 1 amide bonds. The second kappa shape index (κ2) is 4.57. The van der Waals surface area contributed by atoms with Crippen molar-refractivity contribution in [3.63, 3.8) is 0 Å². The second-order valence-corrected chi connectivity index (χ2v) is 4.31. The molecule has 2 rings (SSSR count). The van der Waals surface area contributed by atoms with Gasteiger partial charge in [0.2, 0.25) is 0 Å². The number of nitrogens with zero attached hydrogens (tertiary/aromatic N) is 3. The number of piperidine rings is 1. The minimum atomic E-state index is -0.0250. The van der Waals surface area contributed by atoms with E-state index in [0.717, 1.165) is 13.0 Å². The standard InChI is InChI=1S/C11H16N4O/c1-8-2-3-15(6-10(8)12)11(16)9-4-13-7-14-5-9/h4-5,7-8,10H,2-3,6,12H2,1H3. The number of likely N-dealkylation sites (tertiary alicyclic amines) is 1. The highest BCUT2D eigenvalue weighted by Gasteiger charge is 2.26. The van der Waals surface area contributed by atoms with E-state index in [2.05, 4.69) is 16.9 Å². The SMILES string of the molecule is CC1CCN(C(=O)c2cncnc2)CC1N. The lowest BCUT2D eigenvalue weighted by Gasteiger charge is -2.34. The number of hydrogen-bond donors (Lipinski definition) is 1. The molecular weight excluding hydrogens is 204 g/mol. The number of hydrogen-bond acceptors (Lipinski definition) is 4. The molecule has 5 heteroatoms. The van der Waals surface area contributed by atoms with Gasteiger partial charge in [0, 0.05) is 31.5 Å². The van der Waals surface area contributed by atoms with Gasteiger partial charge in [-0.2, -0.15) is 0 Å². The largest absolute Gasteiger partial charge is 0.337 e. The highest BCUT2D eigenvalue weighted by atomic mass is 16.2. The first-order valence-corrected chi connectivity index (χ1v) is 5.48. The van der Waals surface area contributed by atoms with Gasteiger partial charge in [-0.1, -0.05) is 6.92 Å². The van der Waals surface area contributed by atoms with E-state index in [1.807, 2.05) is 0 Å². The molecule has 2 atom stereocenters. The molecule has 0 aromatic carbocycles. The van der Waals surface area contributed by atoms with Gasteiger partial charge in [0.15, 0.2) is 0 Å². The van der Waals surface area contributed by atoms with Crippen molar-refractivity contribution in [1.29, 1.82) is 0 Å². The zero-order valence-electron chi connectivity index (χ0n) is 9.34. The Labute approximate surface area is 94.7 Å². The predicted octanol–water partition coefficient (Wildman–Crippen LogP) is 0.286. The summed E-state index contributed by atoms with van der Waals surface area (Å²) in [7, 11) is 0. The zero-order chi connectivity index (χ0) is 11.5. The molecule has 0 saturated carbocycles. The highest BCUT2D eigenvalue weighted by molar-refractivity contribution is 5.93. The van der Waals surface area contributed by atoms with Crippen molar-refractivity contribution in [2.45, 2.75) is 19.4 Å². The van der Waals surface area contributed by atoms with Crippen LogP contribution in [0.25, 0.3) is 0 Å². The molecule has 2 heterocycles. The average Bonchev–Trinajstić information content (AvgIpc) is 2.33. The smallest absolute Gasteiger partial charge is 0.257 e. The summed E-state index contributed by atoms with van der Waals surface area (Å²) < 4.78 is 0. The fourth-order valence-corrected chi connectivity index (χ4v) is 1.88. The van der Waals surface area contributed by atoms with Gasteiger partial charge >= 0.3 is 0 Å². The number of amides is 1. The van der Waals surface area contributed by atoms with E-state index >= 15 is 0 Å². The number of carbonyl (C=O) groups excluding carboxylic acids is 1. The Morgan fingerprint density at radius 2 is 2.19 bits per heavy atom. The summed E-state index contributed by atoms with van der Waals surface area (Å²) in [5.41, 5.74) is 6.49. The van der Waals surface area contributed by atoms with Gasteiger partial charge in [-0.05, 0) is 12.3 Å². The molecule has 1 fully saturated rings. The van der Waals surface area contributed by atoms with Crippen LogP contribution in [0.5, 0.6) is 0 Å². The van der Waals surface area contributed by atoms with Crippen LogP contribution >= 0.6 is 0 Å². The molecule has 0 radical (unpaired) electrons. The van der Waals surface area contributed by atoms with E-state index in [9.17, 15) is 4.79 Å². The maximum Gasteiger partial charge on any atom is 0.257 e. The minimum absolute atomic E-state index is 0.0250. The monoisotopic (exact) mass is 220 g/mol. The molecule has 1 aromatic rings. The normalized spacial score (nSPS) is 25.5. The first kappa shape index (κ1) is 11.0. The van der Waals surface area contributed by atoms with Gasteiger partial charge in [-0.25, -0.2) is 9.97 Å². The van der Waals surface area contributed by atoms with Gasteiger partial charge in [0.05, 0.1) is 5.56 Å². The Balaban J connectivity index is 2.06. The summed E-state index contributed by atoms with van der Waals surface area (Å²) in [6.45, 7) is 3.51. The number of rotatable bonds is 1. The first-order chi connectivity index (χ1) is 7.68. The molecule has 0 aliphatic carbocycles. The Hall–Kier alpha value is -1.49. The Bertz CT molecular complexity index is 368. The fourth-order valence-electron chi connectivity index (χ4n) is 1.88. The van der Waals surface area contributed by atoms with Gasteiger partial charge in [0.1, 0.15) is 6.33 Å². The predicted molar refractivity (Wildman–Crippen MR) is 59.7 cm³/mol. The maximum absolute atomic E-state index is 12.0. The summed E-state index contributed by atoms with van der Waals surface area (Å²) in [6, 6.07) is 0.0716. The summed E-state index contributed by atoms with van der Waals surface area (Å²) in [4.78, 5) is 21.5.